The first-order chi connectivity index (χ1) is 5.04. The number of halogens is 4. The third kappa shape index (κ3) is 1.96. The van der Waals surface area contributed by atoms with Gasteiger partial charge in [-0.25, -0.2) is 8.78 Å². The molecule has 0 aliphatic rings. The second-order valence-corrected chi connectivity index (χ2v) is 1.82. The molecule has 1 N–H and O–H groups in total. The minimum Gasteiger partial charge on any atom is -0.503 e. The van der Waals surface area contributed by atoms with Crippen LogP contribution in [0.5, 0.6) is 5.75 Å². The summed E-state index contributed by atoms with van der Waals surface area (Å²) in [4.78, 5) is 0. The predicted molar refractivity (Wildman–Crippen MR) is 27.9 cm³/mol. The standard InChI is InChI=1S/C6H2F4O.Y/c7-2-1-3(8)5(10)6(11)4(2)9;/h1,11H;. The summed E-state index contributed by atoms with van der Waals surface area (Å²) in [5.74, 6) is -8.46. The summed E-state index contributed by atoms with van der Waals surface area (Å²) >= 11 is 0. The van der Waals surface area contributed by atoms with Crippen LogP contribution in [-0.4, -0.2) is 5.11 Å². The van der Waals surface area contributed by atoms with Crippen LogP contribution in [0.3, 0.4) is 0 Å². The number of phenolic OH excluding ortho intramolecular Hbond substituents is 1. The van der Waals surface area contributed by atoms with Crippen molar-refractivity contribution >= 4 is 0 Å². The van der Waals surface area contributed by atoms with Gasteiger partial charge in [-0.05, 0) is 0 Å². The average Bonchev–Trinajstić information content (AvgIpc) is 1.97. The number of benzene rings is 1. The fourth-order valence-electron chi connectivity index (χ4n) is 0.561. The molecule has 0 unspecified atom stereocenters. The van der Waals surface area contributed by atoms with Gasteiger partial charge in [0.1, 0.15) is 0 Å². The largest absolute Gasteiger partial charge is 0.503 e. The summed E-state index contributed by atoms with van der Waals surface area (Å²) in [7, 11) is 0. The van der Waals surface area contributed by atoms with Gasteiger partial charge in [0.2, 0.25) is 11.6 Å². The van der Waals surface area contributed by atoms with Gasteiger partial charge in [-0.2, -0.15) is 8.78 Å². The molecular weight excluding hydrogens is 253 g/mol. The van der Waals surface area contributed by atoms with Gasteiger partial charge in [0.15, 0.2) is 17.4 Å². The van der Waals surface area contributed by atoms with Gasteiger partial charge >= 0.3 is 0 Å². The van der Waals surface area contributed by atoms with Crippen LogP contribution >= 0.6 is 0 Å². The zero-order valence-electron chi connectivity index (χ0n) is 5.61. The number of rotatable bonds is 0. The van der Waals surface area contributed by atoms with Crippen LogP contribution in [0.15, 0.2) is 6.07 Å². The van der Waals surface area contributed by atoms with Crippen molar-refractivity contribution in [1.29, 1.82) is 0 Å². The van der Waals surface area contributed by atoms with E-state index in [1.165, 1.54) is 0 Å². The molecule has 0 fully saturated rings. The number of hydrogen-bond acceptors (Lipinski definition) is 1. The van der Waals surface area contributed by atoms with E-state index in [0.717, 1.165) is 0 Å². The van der Waals surface area contributed by atoms with Gasteiger partial charge in [-0.3, -0.25) is 0 Å². The predicted octanol–water partition coefficient (Wildman–Crippen LogP) is 1.95. The Labute approximate surface area is 90.3 Å². The summed E-state index contributed by atoms with van der Waals surface area (Å²) in [6.07, 6.45) is 0. The van der Waals surface area contributed by atoms with Crippen LogP contribution in [0, 0.1) is 23.3 Å². The molecule has 0 aromatic heterocycles. The minimum absolute atomic E-state index is 0. The average molecular weight is 255 g/mol. The van der Waals surface area contributed by atoms with Crippen LogP contribution in [0.1, 0.15) is 0 Å². The molecule has 1 rings (SSSR count). The number of aromatic hydroxyl groups is 1. The van der Waals surface area contributed by atoms with Crippen LogP contribution in [0.4, 0.5) is 17.6 Å². The summed E-state index contributed by atoms with van der Waals surface area (Å²) in [5, 5.41) is 8.34. The zero-order chi connectivity index (χ0) is 8.59. The third-order valence-corrected chi connectivity index (χ3v) is 1.09. The van der Waals surface area contributed by atoms with E-state index in [0.29, 0.717) is 0 Å². The molecule has 0 atom stereocenters. The molecule has 12 heavy (non-hydrogen) atoms. The van der Waals surface area contributed by atoms with Crippen molar-refractivity contribution < 1.29 is 55.4 Å². The van der Waals surface area contributed by atoms with Gasteiger partial charge in [-0.15, -0.1) is 0 Å². The van der Waals surface area contributed by atoms with Crippen molar-refractivity contribution in [3.05, 3.63) is 29.3 Å². The van der Waals surface area contributed by atoms with E-state index in [1.54, 1.807) is 0 Å². The molecule has 0 aliphatic carbocycles. The van der Waals surface area contributed by atoms with Gasteiger partial charge in [-0.1, -0.05) is 0 Å². The van der Waals surface area contributed by atoms with E-state index in [-0.39, 0.29) is 38.8 Å². The minimum atomic E-state index is -1.79. The Bertz CT molecular complexity index is 276. The molecule has 0 bridgehead atoms. The third-order valence-electron chi connectivity index (χ3n) is 1.09. The zero-order valence-corrected chi connectivity index (χ0v) is 8.45. The number of hydrogen-bond donors (Lipinski definition) is 1. The van der Waals surface area contributed by atoms with Crippen molar-refractivity contribution in [2.45, 2.75) is 0 Å². The maximum Gasteiger partial charge on any atom is 0.203 e. The Morgan fingerprint density at radius 1 is 0.917 bits per heavy atom. The molecule has 1 radical (unpaired) electrons. The van der Waals surface area contributed by atoms with E-state index < -0.39 is 29.0 Å². The quantitative estimate of drug-likeness (QED) is 0.554. The second-order valence-electron chi connectivity index (χ2n) is 1.82. The molecular formula is C6H2F4OY. The summed E-state index contributed by atoms with van der Waals surface area (Å²) in [5.41, 5.74) is 0. The fraction of sp³-hybridized carbons (Fsp3) is 0. The van der Waals surface area contributed by atoms with Gasteiger partial charge in [0.25, 0.3) is 0 Å². The van der Waals surface area contributed by atoms with E-state index in [2.05, 4.69) is 0 Å². The topological polar surface area (TPSA) is 20.2 Å². The normalized spacial score (nSPS) is 9.33. The van der Waals surface area contributed by atoms with Crippen molar-refractivity contribution in [1.82, 2.24) is 0 Å². The van der Waals surface area contributed by atoms with E-state index in [1.807, 2.05) is 0 Å². The van der Waals surface area contributed by atoms with Crippen molar-refractivity contribution in [3.63, 3.8) is 0 Å². The van der Waals surface area contributed by atoms with Crippen molar-refractivity contribution in [2.24, 2.45) is 0 Å². The molecule has 1 aromatic rings. The molecule has 63 valence electrons. The van der Waals surface area contributed by atoms with Gasteiger partial charge < -0.3 is 5.11 Å². The van der Waals surface area contributed by atoms with Crippen LogP contribution < -0.4 is 0 Å². The first-order valence-electron chi connectivity index (χ1n) is 2.56. The molecule has 0 aliphatic heterocycles. The van der Waals surface area contributed by atoms with E-state index >= 15 is 0 Å². The van der Waals surface area contributed by atoms with Crippen LogP contribution in [0.25, 0.3) is 0 Å². The Kier molecular flexibility index (Phi) is 4.13. The molecule has 6 heteroatoms. The maximum absolute atomic E-state index is 12.1. The first kappa shape index (κ1) is 11.8. The molecule has 0 spiro atoms. The molecule has 1 nitrogen and oxygen atoms in total. The number of phenols is 1. The van der Waals surface area contributed by atoms with Crippen LogP contribution in [0.2, 0.25) is 0 Å². The SMILES string of the molecule is Oc1c(F)c(F)cc(F)c1F.[Y]. The molecule has 0 amide bonds. The second kappa shape index (κ2) is 4.19. The van der Waals surface area contributed by atoms with Gasteiger partial charge in [0, 0.05) is 38.8 Å². The van der Waals surface area contributed by atoms with E-state index in [4.69, 9.17) is 5.11 Å². The Balaban J connectivity index is 0.00000121. The first-order valence-corrected chi connectivity index (χ1v) is 2.56. The smallest absolute Gasteiger partial charge is 0.203 e. The van der Waals surface area contributed by atoms with E-state index in [9.17, 15) is 17.6 Å². The van der Waals surface area contributed by atoms with Crippen LogP contribution in [-0.2, 0) is 32.7 Å². The maximum atomic E-state index is 12.1. The van der Waals surface area contributed by atoms with Crippen molar-refractivity contribution in [3.8, 4) is 5.75 Å². The molecule has 1 aromatic carbocycles. The van der Waals surface area contributed by atoms with Gasteiger partial charge in [0.05, 0.1) is 0 Å². The Morgan fingerprint density at radius 2 is 1.25 bits per heavy atom. The summed E-state index contributed by atoms with van der Waals surface area (Å²) in [6.45, 7) is 0. The molecule has 0 saturated carbocycles. The monoisotopic (exact) mass is 255 g/mol. The molecule has 0 heterocycles. The molecule has 0 saturated heterocycles. The Morgan fingerprint density at radius 3 is 1.58 bits per heavy atom. The summed E-state index contributed by atoms with van der Waals surface area (Å²) in [6, 6.07) is 0.0182. The Hall–Kier alpha value is -0.156. The fourth-order valence-corrected chi connectivity index (χ4v) is 0.561. The summed E-state index contributed by atoms with van der Waals surface area (Å²) < 4.78 is 48.4. The van der Waals surface area contributed by atoms with Crippen molar-refractivity contribution in [2.75, 3.05) is 0 Å².